The SMILES string of the molecule is Cc1n[nH]c(C)c1S(=O)(=O)Nc1ccc(CCCl)cc1. The molecule has 0 spiro atoms. The summed E-state index contributed by atoms with van der Waals surface area (Å²) < 4.78 is 27.2. The van der Waals surface area contributed by atoms with Gasteiger partial charge in [-0.3, -0.25) is 9.82 Å². The lowest BCUT2D eigenvalue weighted by Crippen LogP contribution is -2.14. The van der Waals surface area contributed by atoms with E-state index in [2.05, 4.69) is 14.9 Å². The van der Waals surface area contributed by atoms with E-state index in [4.69, 9.17) is 11.6 Å². The average Bonchev–Trinajstić information content (AvgIpc) is 2.72. The molecule has 5 nitrogen and oxygen atoms in total. The number of rotatable bonds is 5. The van der Waals surface area contributed by atoms with E-state index in [1.165, 1.54) is 0 Å². The van der Waals surface area contributed by atoms with Gasteiger partial charge in [-0.15, -0.1) is 11.6 Å². The van der Waals surface area contributed by atoms with Gasteiger partial charge in [0.2, 0.25) is 0 Å². The molecule has 0 saturated heterocycles. The average molecular weight is 314 g/mol. The van der Waals surface area contributed by atoms with Gasteiger partial charge in [-0.2, -0.15) is 5.10 Å². The van der Waals surface area contributed by atoms with Crippen molar-refractivity contribution in [3.05, 3.63) is 41.2 Å². The van der Waals surface area contributed by atoms with Crippen molar-refractivity contribution < 1.29 is 8.42 Å². The van der Waals surface area contributed by atoms with E-state index in [1.807, 2.05) is 12.1 Å². The molecule has 0 amide bonds. The number of anilines is 1. The Morgan fingerprint density at radius 3 is 2.40 bits per heavy atom. The van der Waals surface area contributed by atoms with E-state index in [0.29, 0.717) is 23.0 Å². The number of benzene rings is 1. The number of H-pyrrole nitrogens is 1. The van der Waals surface area contributed by atoms with Crippen LogP contribution < -0.4 is 4.72 Å². The van der Waals surface area contributed by atoms with Crippen molar-refractivity contribution in [1.29, 1.82) is 0 Å². The molecule has 0 aliphatic heterocycles. The van der Waals surface area contributed by atoms with Gasteiger partial charge in [-0.05, 0) is 38.0 Å². The summed E-state index contributed by atoms with van der Waals surface area (Å²) in [6.45, 7) is 3.33. The maximum absolute atomic E-state index is 12.3. The summed E-state index contributed by atoms with van der Waals surface area (Å²) in [7, 11) is -3.63. The molecule has 0 radical (unpaired) electrons. The summed E-state index contributed by atoms with van der Waals surface area (Å²) in [6, 6.07) is 7.17. The highest BCUT2D eigenvalue weighted by atomic mass is 35.5. The number of aryl methyl sites for hydroxylation is 3. The molecule has 1 heterocycles. The van der Waals surface area contributed by atoms with E-state index in [9.17, 15) is 8.42 Å². The highest BCUT2D eigenvalue weighted by Crippen LogP contribution is 2.21. The number of alkyl halides is 1. The van der Waals surface area contributed by atoms with Crippen molar-refractivity contribution in [3.8, 4) is 0 Å². The van der Waals surface area contributed by atoms with Crippen molar-refractivity contribution in [1.82, 2.24) is 10.2 Å². The molecule has 0 bridgehead atoms. The first-order valence-corrected chi connectivity index (χ1v) is 8.15. The van der Waals surface area contributed by atoms with Crippen molar-refractivity contribution in [2.75, 3.05) is 10.6 Å². The van der Waals surface area contributed by atoms with Crippen LogP contribution in [-0.4, -0.2) is 24.5 Å². The van der Waals surface area contributed by atoms with Crippen molar-refractivity contribution >= 4 is 27.3 Å². The van der Waals surface area contributed by atoms with Gasteiger partial charge in [0.1, 0.15) is 4.90 Å². The number of nitrogens with one attached hydrogen (secondary N) is 2. The quantitative estimate of drug-likeness (QED) is 0.833. The van der Waals surface area contributed by atoms with E-state index in [0.717, 1.165) is 12.0 Å². The minimum atomic E-state index is -3.63. The number of sulfonamides is 1. The molecule has 108 valence electrons. The Morgan fingerprint density at radius 1 is 1.25 bits per heavy atom. The molecule has 20 heavy (non-hydrogen) atoms. The van der Waals surface area contributed by atoms with Crippen LogP contribution in [0.25, 0.3) is 0 Å². The molecule has 7 heteroatoms. The van der Waals surface area contributed by atoms with Crippen LogP contribution in [0, 0.1) is 13.8 Å². The van der Waals surface area contributed by atoms with Crippen LogP contribution in [0.2, 0.25) is 0 Å². The summed E-state index contributed by atoms with van der Waals surface area (Å²) in [5.74, 6) is 0.540. The predicted molar refractivity (Wildman–Crippen MR) is 79.7 cm³/mol. The van der Waals surface area contributed by atoms with Crippen LogP contribution in [0.4, 0.5) is 5.69 Å². The molecule has 0 aliphatic carbocycles. The molecule has 0 aliphatic rings. The standard InChI is InChI=1S/C13H16ClN3O2S/c1-9-13(10(2)16-15-9)20(18,19)17-12-5-3-11(4-6-12)7-8-14/h3-6,17H,7-8H2,1-2H3,(H,15,16). The Hall–Kier alpha value is -1.53. The number of hydrogen-bond donors (Lipinski definition) is 2. The second-order valence-electron chi connectivity index (χ2n) is 4.50. The van der Waals surface area contributed by atoms with Crippen LogP contribution in [0.15, 0.2) is 29.2 Å². The van der Waals surface area contributed by atoms with Crippen LogP contribution >= 0.6 is 11.6 Å². The monoisotopic (exact) mass is 313 g/mol. The van der Waals surface area contributed by atoms with Gasteiger partial charge in [0.25, 0.3) is 10.0 Å². The van der Waals surface area contributed by atoms with Crippen LogP contribution in [0.3, 0.4) is 0 Å². The normalized spacial score (nSPS) is 11.6. The number of hydrogen-bond acceptors (Lipinski definition) is 3. The summed E-state index contributed by atoms with van der Waals surface area (Å²) in [6.07, 6.45) is 0.758. The van der Waals surface area contributed by atoms with Crippen LogP contribution in [0.5, 0.6) is 0 Å². The molecule has 0 atom stereocenters. The maximum atomic E-state index is 12.3. The van der Waals surface area contributed by atoms with Crippen molar-refractivity contribution in [3.63, 3.8) is 0 Å². The van der Waals surface area contributed by atoms with Gasteiger partial charge in [-0.1, -0.05) is 12.1 Å². The summed E-state index contributed by atoms with van der Waals surface area (Å²) in [4.78, 5) is 0.197. The number of halogens is 1. The fourth-order valence-electron chi connectivity index (χ4n) is 1.99. The molecular formula is C13H16ClN3O2S. The van der Waals surface area contributed by atoms with Gasteiger partial charge >= 0.3 is 0 Å². The Kier molecular flexibility index (Phi) is 4.35. The Bertz CT molecular complexity index is 673. The fourth-order valence-corrected chi connectivity index (χ4v) is 3.64. The van der Waals surface area contributed by atoms with Gasteiger partial charge in [0.05, 0.1) is 11.4 Å². The minimum Gasteiger partial charge on any atom is -0.281 e. The van der Waals surface area contributed by atoms with Crippen molar-refractivity contribution in [2.45, 2.75) is 25.2 Å². The topological polar surface area (TPSA) is 74.8 Å². The third-order valence-electron chi connectivity index (χ3n) is 2.92. The van der Waals surface area contributed by atoms with E-state index < -0.39 is 10.0 Å². The first-order valence-electron chi connectivity index (χ1n) is 6.13. The lowest BCUT2D eigenvalue weighted by Gasteiger charge is -2.08. The molecule has 1 aromatic carbocycles. The summed E-state index contributed by atoms with van der Waals surface area (Å²) in [5.41, 5.74) is 2.56. The first kappa shape index (κ1) is 14.9. The molecule has 2 rings (SSSR count). The van der Waals surface area contributed by atoms with E-state index in [1.54, 1.807) is 26.0 Å². The predicted octanol–water partition coefficient (Wildman–Crippen LogP) is 2.61. The maximum Gasteiger partial charge on any atom is 0.265 e. The third kappa shape index (κ3) is 3.13. The molecule has 2 aromatic rings. The highest BCUT2D eigenvalue weighted by molar-refractivity contribution is 7.92. The largest absolute Gasteiger partial charge is 0.281 e. The molecule has 2 N–H and O–H groups in total. The molecule has 0 saturated carbocycles. The highest BCUT2D eigenvalue weighted by Gasteiger charge is 2.22. The van der Waals surface area contributed by atoms with E-state index >= 15 is 0 Å². The second kappa shape index (κ2) is 5.85. The number of nitrogens with zero attached hydrogens (tertiary/aromatic N) is 1. The molecule has 0 fully saturated rings. The molecule has 0 unspecified atom stereocenters. The lowest BCUT2D eigenvalue weighted by molar-refractivity contribution is 0.600. The summed E-state index contributed by atoms with van der Waals surface area (Å²) >= 11 is 5.66. The Morgan fingerprint density at radius 2 is 1.90 bits per heavy atom. The Balaban J connectivity index is 2.24. The third-order valence-corrected chi connectivity index (χ3v) is 4.75. The first-order chi connectivity index (χ1) is 9.44. The zero-order valence-electron chi connectivity index (χ0n) is 11.3. The molecule has 1 aromatic heterocycles. The molecular weight excluding hydrogens is 298 g/mol. The van der Waals surface area contributed by atoms with Crippen molar-refractivity contribution in [2.24, 2.45) is 0 Å². The van der Waals surface area contributed by atoms with Gasteiger partial charge in [-0.25, -0.2) is 8.42 Å². The van der Waals surface area contributed by atoms with Gasteiger partial charge < -0.3 is 0 Å². The smallest absolute Gasteiger partial charge is 0.265 e. The van der Waals surface area contributed by atoms with Crippen LogP contribution in [-0.2, 0) is 16.4 Å². The minimum absolute atomic E-state index is 0.197. The van der Waals surface area contributed by atoms with Gasteiger partial charge in [0.15, 0.2) is 0 Å². The van der Waals surface area contributed by atoms with E-state index in [-0.39, 0.29) is 4.90 Å². The zero-order valence-corrected chi connectivity index (χ0v) is 12.8. The number of aromatic nitrogens is 2. The van der Waals surface area contributed by atoms with Crippen LogP contribution in [0.1, 0.15) is 17.0 Å². The number of aromatic amines is 1. The van der Waals surface area contributed by atoms with Gasteiger partial charge in [0, 0.05) is 11.6 Å². The second-order valence-corrected chi connectivity index (χ2v) is 6.50. The lowest BCUT2D eigenvalue weighted by atomic mass is 10.2. The zero-order chi connectivity index (χ0) is 14.8. The summed E-state index contributed by atoms with van der Waals surface area (Å²) in [5, 5.41) is 6.57. The fraction of sp³-hybridized carbons (Fsp3) is 0.308. The Labute approximate surface area is 123 Å².